The van der Waals surface area contributed by atoms with E-state index in [0.29, 0.717) is 31.7 Å². The Morgan fingerprint density at radius 1 is 0.963 bits per heavy atom. The lowest BCUT2D eigenvalue weighted by Gasteiger charge is -2.36. The molecule has 2 aromatic carbocycles. The van der Waals surface area contributed by atoms with E-state index in [0.717, 1.165) is 5.69 Å². The molecule has 1 aliphatic rings. The van der Waals surface area contributed by atoms with E-state index in [4.69, 9.17) is 0 Å². The normalized spacial score (nSPS) is 15.0. The second-order valence-electron chi connectivity index (χ2n) is 6.41. The zero-order valence-corrected chi connectivity index (χ0v) is 15.7. The lowest BCUT2D eigenvalue weighted by atomic mass is 10.2. The molecule has 0 aromatic heterocycles. The molecule has 0 bridgehead atoms. The average Bonchev–Trinajstić information content (AvgIpc) is 2.67. The van der Waals surface area contributed by atoms with E-state index in [9.17, 15) is 17.6 Å². The highest BCUT2D eigenvalue weighted by atomic mass is 32.2. The number of halogens is 1. The predicted molar refractivity (Wildman–Crippen MR) is 102 cm³/mol. The maximum atomic E-state index is 13.0. The van der Waals surface area contributed by atoms with E-state index in [1.54, 1.807) is 41.3 Å². The SMILES string of the molecule is O=C(CNS(=O)(=O)Cc1ccccc1)N1CCN(c2ccc(F)cc2)CC1. The first-order valence-electron chi connectivity index (χ1n) is 8.72. The second kappa shape index (κ2) is 8.49. The van der Waals surface area contributed by atoms with Gasteiger partial charge in [-0.2, -0.15) is 0 Å². The number of amides is 1. The van der Waals surface area contributed by atoms with Gasteiger partial charge in [-0.3, -0.25) is 4.79 Å². The van der Waals surface area contributed by atoms with Crippen LogP contribution >= 0.6 is 0 Å². The number of hydrogen-bond donors (Lipinski definition) is 1. The van der Waals surface area contributed by atoms with Gasteiger partial charge >= 0.3 is 0 Å². The van der Waals surface area contributed by atoms with Gasteiger partial charge in [-0.15, -0.1) is 0 Å². The van der Waals surface area contributed by atoms with Gasteiger partial charge in [0.25, 0.3) is 0 Å². The minimum Gasteiger partial charge on any atom is -0.368 e. The van der Waals surface area contributed by atoms with Crippen molar-refractivity contribution in [1.82, 2.24) is 9.62 Å². The highest BCUT2D eigenvalue weighted by Gasteiger charge is 2.22. The number of sulfonamides is 1. The second-order valence-corrected chi connectivity index (χ2v) is 8.22. The summed E-state index contributed by atoms with van der Waals surface area (Å²) in [5.74, 6) is -0.680. The van der Waals surface area contributed by atoms with Gasteiger partial charge in [-0.25, -0.2) is 17.5 Å². The standard InChI is InChI=1S/C19H22FN3O3S/c20-17-6-8-18(9-7-17)22-10-12-23(13-11-22)19(24)14-21-27(25,26)15-16-4-2-1-3-5-16/h1-9,21H,10-15H2. The summed E-state index contributed by atoms with van der Waals surface area (Å²) in [6.07, 6.45) is 0. The number of hydrogen-bond acceptors (Lipinski definition) is 4. The lowest BCUT2D eigenvalue weighted by molar-refractivity contribution is -0.130. The summed E-state index contributed by atoms with van der Waals surface area (Å²) in [5, 5.41) is 0. The Labute approximate surface area is 158 Å². The van der Waals surface area contributed by atoms with Crippen molar-refractivity contribution < 1.29 is 17.6 Å². The lowest BCUT2D eigenvalue weighted by Crippen LogP contribution is -2.51. The monoisotopic (exact) mass is 391 g/mol. The molecule has 1 N–H and O–H groups in total. The Balaban J connectivity index is 1.47. The van der Waals surface area contributed by atoms with E-state index in [-0.39, 0.29) is 24.0 Å². The molecule has 1 heterocycles. The minimum atomic E-state index is -3.57. The molecular formula is C19H22FN3O3S. The number of piperazine rings is 1. The van der Waals surface area contributed by atoms with Crippen LogP contribution in [0.15, 0.2) is 54.6 Å². The summed E-state index contributed by atoms with van der Waals surface area (Å²) >= 11 is 0. The summed E-state index contributed by atoms with van der Waals surface area (Å²) in [5.41, 5.74) is 1.58. The quantitative estimate of drug-likeness (QED) is 0.812. The van der Waals surface area contributed by atoms with Gasteiger partial charge in [0.1, 0.15) is 5.82 Å². The highest BCUT2D eigenvalue weighted by molar-refractivity contribution is 7.88. The van der Waals surface area contributed by atoms with Crippen molar-refractivity contribution in [2.24, 2.45) is 0 Å². The summed E-state index contributed by atoms with van der Waals surface area (Å²) < 4.78 is 39.7. The van der Waals surface area contributed by atoms with Crippen LogP contribution in [-0.4, -0.2) is 51.9 Å². The van der Waals surface area contributed by atoms with Crippen molar-refractivity contribution in [2.45, 2.75) is 5.75 Å². The number of carbonyl (C=O) groups is 1. The smallest absolute Gasteiger partial charge is 0.237 e. The summed E-state index contributed by atoms with van der Waals surface area (Å²) in [6.45, 7) is 1.99. The largest absolute Gasteiger partial charge is 0.368 e. The number of benzene rings is 2. The van der Waals surface area contributed by atoms with Crippen molar-refractivity contribution in [1.29, 1.82) is 0 Å². The summed E-state index contributed by atoms with van der Waals surface area (Å²) in [6, 6.07) is 15.1. The third-order valence-electron chi connectivity index (χ3n) is 4.47. The number of carbonyl (C=O) groups excluding carboxylic acids is 1. The van der Waals surface area contributed by atoms with E-state index in [2.05, 4.69) is 9.62 Å². The number of nitrogens with one attached hydrogen (secondary N) is 1. The molecule has 0 atom stereocenters. The third-order valence-corrected chi connectivity index (χ3v) is 5.76. The van der Waals surface area contributed by atoms with Gasteiger partial charge in [-0.05, 0) is 29.8 Å². The highest BCUT2D eigenvalue weighted by Crippen LogP contribution is 2.17. The van der Waals surface area contributed by atoms with Gasteiger partial charge < -0.3 is 9.80 Å². The van der Waals surface area contributed by atoms with E-state index in [1.165, 1.54) is 12.1 Å². The maximum absolute atomic E-state index is 13.0. The molecule has 1 saturated heterocycles. The van der Waals surface area contributed by atoms with Crippen LogP contribution in [0.5, 0.6) is 0 Å². The van der Waals surface area contributed by atoms with Gasteiger partial charge in [0.05, 0.1) is 12.3 Å². The topological polar surface area (TPSA) is 69.7 Å². The van der Waals surface area contributed by atoms with Crippen LogP contribution in [0.1, 0.15) is 5.56 Å². The molecule has 2 aromatic rings. The first-order chi connectivity index (χ1) is 12.9. The Hall–Kier alpha value is -2.45. The number of nitrogens with zero attached hydrogens (tertiary/aromatic N) is 2. The van der Waals surface area contributed by atoms with Crippen LogP contribution in [-0.2, 0) is 20.6 Å². The van der Waals surface area contributed by atoms with Gasteiger partial charge in [-0.1, -0.05) is 30.3 Å². The zero-order valence-electron chi connectivity index (χ0n) is 14.8. The molecule has 0 radical (unpaired) electrons. The third kappa shape index (κ3) is 5.51. The van der Waals surface area contributed by atoms with Crippen LogP contribution in [0.25, 0.3) is 0 Å². The molecule has 1 amide bonds. The molecular weight excluding hydrogens is 369 g/mol. The van der Waals surface area contributed by atoms with E-state index >= 15 is 0 Å². The molecule has 144 valence electrons. The Bertz CT molecular complexity index is 865. The molecule has 8 heteroatoms. The molecule has 0 spiro atoms. The molecule has 1 aliphatic heterocycles. The number of anilines is 1. The Morgan fingerprint density at radius 3 is 2.22 bits per heavy atom. The fraction of sp³-hybridized carbons (Fsp3) is 0.316. The average molecular weight is 391 g/mol. The van der Waals surface area contributed by atoms with Crippen molar-refractivity contribution in [3.05, 3.63) is 66.0 Å². The Morgan fingerprint density at radius 2 is 1.59 bits per heavy atom. The van der Waals surface area contributed by atoms with Crippen LogP contribution in [0.4, 0.5) is 10.1 Å². The van der Waals surface area contributed by atoms with Crippen molar-refractivity contribution in [3.63, 3.8) is 0 Å². The van der Waals surface area contributed by atoms with Crippen LogP contribution in [0.2, 0.25) is 0 Å². The molecule has 0 unspecified atom stereocenters. The molecule has 1 fully saturated rings. The van der Waals surface area contributed by atoms with Crippen LogP contribution in [0, 0.1) is 5.82 Å². The fourth-order valence-corrected chi connectivity index (χ4v) is 4.07. The molecule has 27 heavy (non-hydrogen) atoms. The van der Waals surface area contributed by atoms with Gasteiger partial charge in [0.15, 0.2) is 0 Å². The Kier molecular flexibility index (Phi) is 6.08. The maximum Gasteiger partial charge on any atom is 0.237 e. The van der Waals surface area contributed by atoms with Crippen LogP contribution in [0.3, 0.4) is 0 Å². The summed E-state index contributed by atoms with van der Waals surface area (Å²) in [4.78, 5) is 16.0. The summed E-state index contributed by atoms with van der Waals surface area (Å²) in [7, 11) is -3.57. The van der Waals surface area contributed by atoms with E-state index in [1.807, 2.05) is 6.07 Å². The molecule has 6 nitrogen and oxygen atoms in total. The first-order valence-corrected chi connectivity index (χ1v) is 10.4. The predicted octanol–water partition coefficient (Wildman–Crippen LogP) is 1.59. The number of rotatable bonds is 6. The zero-order chi connectivity index (χ0) is 19.3. The minimum absolute atomic E-state index is 0.153. The van der Waals surface area contributed by atoms with Crippen molar-refractivity contribution in [2.75, 3.05) is 37.6 Å². The van der Waals surface area contributed by atoms with E-state index < -0.39 is 10.0 Å². The molecule has 0 aliphatic carbocycles. The fourth-order valence-electron chi connectivity index (χ4n) is 2.99. The van der Waals surface area contributed by atoms with Crippen LogP contribution < -0.4 is 9.62 Å². The van der Waals surface area contributed by atoms with Crippen molar-refractivity contribution in [3.8, 4) is 0 Å². The van der Waals surface area contributed by atoms with Gasteiger partial charge in [0.2, 0.25) is 15.9 Å². The van der Waals surface area contributed by atoms with Gasteiger partial charge in [0, 0.05) is 31.9 Å². The molecule has 0 saturated carbocycles. The first kappa shape index (κ1) is 19.3. The van der Waals surface area contributed by atoms with Crippen molar-refractivity contribution >= 4 is 21.6 Å². The molecule has 3 rings (SSSR count).